The molecule has 4 rings (SSSR count). The van der Waals surface area contributed by atoms with Gasteiger partial charge in [-0.15, -0.1) is 0 Å². The quantitative estimate of drug-likeness (QED) is 0.721. The van der Waals surface area contributed by atoms with E-state index in [0.29, 0.717) is 5.78 Å². The van der Waals surface area contributed by atoms with Crippen LogP contribution in [0.1, 0.15) is 49.2 Å². The van der Waals surface area contributed by atoms with Crippen LogP contribution in [0.4, 0.5) is 0 Å². The molecule has 0 unspecified atom stereocenters. The highest BCUT2D eigenvalue weighted by atomic mass is 16.1. The second-order valence-electron chi connectivity index (χ2n) is 7.85. The van der Waals surface area contributed by atoms with Crippen LogP contribution in [0.2, 0.25) is 0 Å². The van der Waals surface area contributed by atoms with E-state index in [4.69, 9.17) is 0 Å². The summed E-state index contributed by atoms with van der Waals surface area (Å²) in [5.41, 5.74) is 3.96. The SMILES string of the molecule is CC1(C)C(C(=O)c2ccc3c4c(cccc24)CC3)C1(C)C. The molecule has 0 radical (unpaired) electrons. The highest BCUT2D eigenvalue weighted by Gasteiger charge is 2.67. The minimum atomic E-state index is 0.104. The van der Waals surface area contributed by atoms with E-state index in [2.05, 4.69) is 58.0 Å². The molecule has 2 aromatic carbocycles. The number of rotatable bonds is 2. The Balaban J connectivity index is 1.88. The predicted molar refractivity (Wildman–Crippen MR) is 86.7 cm³/mol. The van der Waals surface area contributed by atoms with Crippen LogP contribution in [0.15, 0.2) is 30.3 Å². The van der Waals surface area contributed by atoms with Crippen molar-refractivity contribution in [3.63, 3.8) is 0 Å². The third-order valence-electron chi connectivity index (χ3n) is 6.43. The molecule has 0 spiro atoms. The van der Waals surface area contributed by atoms with Crippen molar-refractivity contribution in [2.45, 2.75) is 40.5 Å². The van der Waals surface area contributed by atoms with Gasteiger partial charge in [-0.3, -0.25) is 4.79 Å². The molecule has 2 aliphatic carbocycles. The Hall–Kier alpha value is -1.63. The Morgan fingerprint density at radius 2 is 1.57 bits per heavy atom. The van der Waals surface area contributed by atoms with E-state index >= 15 is 0 Å². The van der Waals surface area contributed by atoms with Gasteiger partial charge in [0.05, 0.1) is 0 Å². The number of carbonyl (C=O) groups excluding carboxylic acids is 1. The third-order valence-corrected chi connectivity index (χ3v) is 6.43. The van der Waals surface area contributed by atoms with Gasteiger partial charge in [0.15, 0.2) is 5.78 Å². The van der Waals surface area contributed by atoms with Gasteiger partial charge in [-0.2, -0.15) is 0 Å². The molecule has 0 amide bonds. The van der Waals surface area contributed by atoms with Crippen molar-refractivity contribution in [3.8, 4) is 0 Å². The molecule has 0 atom stereocenters. The first kappa shape index (κ1) is 13.1. The third kappa shape index (κ3) is 1.50. The standard InChI is InChI=1S/C20H22O/c1-19(2)18(20(19,3)4)17(21)15-11-10-13-9-8-12-6-5-7-14(15)16(12)13/h5-7,10-11,18H,8-9H2,1-4H3. The van der Waals surface area contributed by atoms with E-state index in [1.54, 1.807) is 0 Å². The molecule has 1 heteroatoms. The lowest BCUT2D eigenvalue weighted by molar-refractivity contribution is 0.0947. The summed E-state index contributed by atoms with van der Waals surface area (Å²) in [7, 11) is 0. The summed E-state index contributed by atoms with van der Waals surface area (Å²) >= 11 is 0. The van der Waals surface area contributed by atoms with E-state index in [0.717, 1.165) is 18.4 Å². The van der Waals surface area contributed by atoms with E-state index in [-0.39, 0.29) is 16.7 Å². The highest BCUT2D eigenvalue weighted by molar-refractivity contribution is 6.12. The summed E-state index contributed by atoms with van der Waals surface area (Å²) in [5, 5.41) is 2.52. The molecule has 0 aliphatic heterocycles. The smallest absolute Gasteiger partial charge is 0.167 e. The van der Waals surface area contributed by atoms with Crippen LogP contribution in [-0.4, -0.2) is 5.78 Å². The van der Waals surface area contributed by atoms with Gasteiger partial charge < -0.3 is 0 Å². The molecule has 2 aliphatic rings. The molecule has 0 heterocycles. The minimum absolute atomic E-state index is 0.104. The lowest BCUT2D eigenvalue weighted by atomic mass is 9.93. The molecule has 2 aromatic rings. The molecule has 1 nitrogen and oxygen atoms in total. The lowest BCUT2D eigenvalue weighted by Crippen LogP contribution is -2.08. The first-order valence-corrected chi connectivity index (χ1v) is 7.93. The Morgan fingerprint density at radius 3 is 2.19 bits per heavy atom. The average molecular weight is 278 g/mol. The van der Waals surface area contributed by atoms with Crippen molar-refractivity contribution in [1.82, 2.24) is 0 Å². The van der Waals surface area contributed by atoms with E-state index in [9.17, 15) is 4.79 Å². The van der Waals surface area contributed by atoms with Gasteiger partial charge in [-0.25, -0.2) is 0 Å². The molecule has 0 saturated heterocycles. The number of aryl methyl sites for hydroxylation is 2. The lowest BCUT2D eigenvalue weighted by Gasteiger charge is -2.09. The van der Waals surface area contributed by atoms with Gasteiger partial charge in [0, 0.05) is 11.5 Å². The molecular weight excluding hydrogens is 256 g/mol. The molecular formula is C20H22O. The normalized spacial score (nSPS) is 21.7. The number of hydrogen-bond acceptors (Lipinski definition) is 1. The van der Waals surface area contributed by atoms with Gasteiger partial charge in [0.1, 0.15) is 0 Å². The van der Waals surface area contributed by atoms with Crippen LogP contribution >= 0.6 is 0 Å². The number of Topliss-reactive ketones (excluding diaryl/α,β-unsaturated/α-hetero) is 1. The number of ketones is 1. The van der Waals surface area contributed by atoms with E-state index in [1.165, 1.54) is 21.9 Å². The van der Waals surface area contributed by atoms with Crippen LogP contribution in [0, 0.1) is 16.7 Å². The summed E-state index contributed by atoms with van der Waals surface area (Å²) in [6, 6.07) is 10.7. The zero-order chi connectivity index (χ0) is 15.0. The minimum Gasteiger partial charge on any atom is -0.294 e. The Morgan fingerprint density at radius 1 is 0.952 bits per heavy atom. The largest absolute Gasteiger partial charge is 0.294 e. The molecule has 1 fully saturated rings. The highest BCUT2D eigenvalue weighted by Crippen LogP contribution is 2.69. The van der Waals surface area contributed by atoms with E-state index < -0.39 is 0 Å². The molecule has 0 aromatic heterocycles. The van der Waals surface area contributed by atoms with Crippen LogP contribution in [-0.2, 0) is 12.8 Å². The molecule has 1 saturated carbocycles. The monoisotopic (exact) mass is 278 g/mol. The summed E-state index contributed by atoms with van der Waals surface area (Å²) < 4.78 is 0. The molecule has 0 bridgehead atoms. The van der Waals surface area contributed by atoms with Crippen LogP contribution in [0.25, 0.3) is 10.8 Å². The summed E-state index contributed by atoms with van der Waals surface area (Å²) in [6.07, 6.45) is 2.23. The average Bonchev–Trinajstić information content (AvgIpc) is 2.76. The Bertz CT molecular complexity index is 756. The summed E-state index contributed by atoms with van der Waals surface area (Å²) in [5.74, 6) is 0.476. The van der Waals surface area contributed by atoms with Crippen molar-refractivity contribution < 1.29 is 4.79 Å². The maximum atomic E-state index is 13.1. The van der Waals surface area contributed by atoms with Gasteiger partial charge in [-0.05, 0) is 45.6 Å². The van der Waals surface area contributed by atoms with Gasteiger partial charge in [-0.1, -0.05) is 58.0 Å². The fraction of sp³-hybridized carbons (Fsp3) is 0.450. The zero-order valence-corrected chi connectivity index (χ0v) is 13.3. The second-order valence-corrected chi connectivity index (χ2v) is 7.85. The zero-order valence-electron chi connectivity index (χ0n) is 13.3. The number of carbonyl (C=O) groups is 1. The van der Waals surface area contributed by atoms with Crippen molar-refractivity contribution in [2.75, 3.05) is 0 Å². The van der Waals surface area contributed by atoms with Gasteiger partial charge in [0.2, 0.25) is 0 Å². The van der Waals surface area contributed by atoms with E-state index in [1.807, 2.05) is 0 Å². The Kier molecular flexibility index (Phi) is 2.34. The fourth-order valence-electron chi connectivity index (χ4n) is 4.47. The number of benzene rings is 2. The number of hydrogen-bond donors (Lipinski definition) is 0. The molecule has 21 heavy (non-hydrogen) atoms. The summed E-state index contributed by atoms with van der Waals surface area (Å²) in [4.78, 5) is 13.1. The maximum Gasteiger partial charge on any atom is 0.167 e. The van der Waals surface area contributed by atoms with Crippen molar-refractivity contribution >= 4 is 16.6 Å². The maximum absolute atomic E-state index is 13.1. The predicted octanol–water partition coefficient (Wildman–Crippen LogP) is 4.80. The summed E-state index contributed by atoms with van der Waals surface area (Å²) in [6.45, 7) is 8.87. The first-order chi connectivity index (χ1) is 9.85. The van der Waals surface area contributed by atoms with Crippen LogP contribution in [0.5, 0.6) is 0 Å². The van der Waals surface area contributed by atoms with Crippen LogP contribution in [0.3, 0.4) is 0 Å². The van der Waals surface area contributed by atoms with Gasteiger partial charge in [0.25, 0.3) is 0 Å². The second kappa shape index (κ2) is 3.76. The molecule has 0 N–H and O–H groups in total. The molecule has 108 valence electrons. The van der Waals surface area contributed by atoms with Crippen molar-refractivity contribution in [3.05, 3.63) is 47.0 Å². The van der Waals surface area contributed by atoms with Crippen molar-refractivity contribution in [2.24, 2.45) is 16.7 Å². The topological polar surface area (TPSA) is 17.1 Å². The Labute approximate surface area is 126 Å². The fourth-order valence-corrected chi connectivity index (χ4v) is 4.47. The first-order valence-electron chi connectivity index (χ1n) is 7.93. The van der Waals surface area contributed by atoms with Gasteiger partial charge >= 0.3 is 0 Å². The van der Waals surface area contributed by atoms with Crippen molar-refractivity contribution in [1.29, 1.82) is 0 Å². The van der Waals surface area contributed by atoms with Crippen LogP contribution < -0.4 is 0 Å².